The van der Waals surface area contributed by atoms with Crippen molar-refractivity contribution < 1.29 is 27.1 Å². The Morgan fingerprint density at radius 3 is 1.86 bits per heavy atom. The molecule has 0 heterocycles. The summed E-state index contributed by atoms with van der Waals surface area (Å²) >= 11 is 0. The van der Waals surface area contributed by atoms with Crippen LogP contribution >= 0.6 is 0 Å². The molecule has 0 atom stereocenters. The largest absolute Gasteiger partial charge is 0.484 e. The molecule has 0 spiro atoms. The van der Waals surface area contributed by atoms with Crippen LogP contribution in [0.2, 0.25) is 0 Å². The van der Waals surface area contributed by atoms with Crippen LogP contribution in [0, 0.1) is 0 Å². The first-order valence-corrected chi connectivity index (χ1v) is 4.34. The Balaban J connectivity index is 0.000000246. The molecular weight excluding hydrogens is 219 g/mol. The van der Waals surface area contributed by atoms with Gasteiger partial charge in [0.15, 0.2) is 0 Å². The summed E-state index contributed by atoms with van der Waals surface area (Å²) in [6.07, 6.45) is 15.6. The van der Waals surface area contributed by atoms with Gasteiger partial charge in [0.1, 0.15) is 0 Å². The monoisotopic (exact) mass is 232 g/mol. The van der Waals surface area contributed by atoms with Gasteiger partial charge < -0.3 is 10.0 Å². The molecular formula is C10H13BFeO2. The van der Waals surface area contributed by atoms with Crippen molar-refractivity contribution in [1.29, 1.82) is 0 Å². The first kappa shape index (κ1) is 13.5. The van der Waals surface area contributed by atoms with E-state index in [9.17, 15) is 0 Å². The van der Waals surface area contributed by atoms with E-state index in [0.29, 0.717) is 11.9 Å². The van der Waals surface area contributed by atoms with Gasteiger partial charge in [-0.25, -0.2) is 0 Å². The minimum Gasteiger partial charge on any atom is -0.423 e. The van der Waals surface area contributed by atoms with Gasteiger partial charge in [-0.1, -0.05) is 42.5 Å². The van der Waals surface area contributed by atoms with E-state index in [0.717, 1.165) is 6.42 Å². The van der Waals surface area contributed by atoms with Crippen molar-refractivity contribution in [1.82, 2.24) is 0 Å². The van der Waals surface area contributed by atoms with Crippen LogP contribution in [-0.4, -0.2) is 17.2 Å². The van der Waals surface area contributed by atoms with Gasteiger partial charge in [-0.05, 0) is 18.3 Å². The average molecular weight is 232 g/mol. The first-order chi connectivity index (χ1) is 6.30. The van der Waals surface area contributed by atoms with Gasteiger partial charge in [0.05, 0.1) is 0 Å². The topological polar surface area (TPSA) is 40.5 Å². The molecule has 2 N–H and O–H groups in total. The van der Waals surface area contributed by atoms with Crippen molar-refractivity contribution in [3.05, 3.63) is 48.0 Å². The van der Waals surface area contributed by atoms with Gasteiger partial charge in [-0.15, -0.1) is 0 Å². The van der Waals surface area contributed by atoms with Crippen LogP contribution in [0.4, 0.5) is 0 Å². The minimum atomic E-state index is -1.26. The van der Waals surface area contributed by atoms with E-state index in [4.69, 9.17) is 10.0 Å². The molecule has 2 aliphatic rings. The molecule has 2 nitrogen and oxygen atoms in total. The molecule has 0 amide bonds. The second-order valence-electron chi connectivity index (χ2n) is 2.84. The normalized spacial score (nSPS) is 15.7. The zero-order valence-corrected chi connectivity index (χ0v) is 8.89. The van der Waals surface area contributed by atoms with Crippen LogP contribution in [0.3, 0.4) is 0 Å². The Morgan fingerprint density at radius 1 is 1.00 bits per heavy atom. The number of hydrogen-bond acceptors (Lipinski definition) is 2. The molecule has 0 bridgehead atoms. The summed E-state index contributed by atoms with van der Waals surface area (Å²) in [7, 11) is -1.26. The fourth-order valence-corrected chi connectivity index (χ4v) is 1.05. The molecule has 0 aromatic rings. The maximum absolute atomic E-state index is 8.50. The molecule has 14 heavy (non-hydrogen) atoms. The molecule has 2 rings (SSSR count). The molecule has 0 aliphatic heterocycles. The van der Waals surface area contributed by atoms with E-state index in [-0.39, 0.29) is 17.1 Å². The van der Waals surface area contributed by atoms with Crippen molar-refractivity contribution in [3.63, 3.8) is 0 Å². The zero-order chi connectivity index (χ0) is 9.52. The second kappa shape index (κ2) is 7.83. The smallest absolute Gasteiger partial charge is 0.423 e. The van der Waals surface area contributed by atoms with E-state index in [1.165, 1.54) is 0 Å². The van der Waals surface area contributed by atoms with Crippen molar-refractivity contribution in [3.8, 4) is 0 Å². The molecule has 0 saturated heterocycles. The van der Waals surface area contributed by atoms with E-state index < -0.39 is 7.12 Å². The quantitative estimate of drug-likeness (QED) is 0.670. The predicted octanol–water partition coefficient (Wildman–Crippen LogP) is 1.38. The third-order valence-corrected chi connectivity index (χ3v) is 1.79. The maximum atomic E-state index is 8.50. The van der Waals surface area contributed by atoms with Crippen LogP contribution < -0.4 is 0 Å². The first-order valence-electron chi connectivity index (χ1n) is 4.34. The van der Waals surface area contributed by atoms with Crippen LogP contribution in [-0.2, 0) is 17.1 Å². The Labute approximate surface area is 95.3 Å². The van der Waals surface area contributed by atoms with Gasteiger partial charge >= 0.3 is 7.12 Å². The summed E-state index contributed by atoms with van der Waals surface area (Å²) in [6, 6.07) is 0. The number of allylic oxidation sites excluding steroid dienone is 8. The van der Waals surface area contributed by atoms with Gasteiger partial charge in [0.2, 0.25) is 0 Å². The van der Waals surface area contributed by atoms with Crippen LogP contribution in [0.25, 0.3) is 0 Å². The Hall–Kier alpha value is -0.536. The van der Waals surface area contributed by atoms with E-state index in [1.54, 1.807) is 6.08 Å². The van der Waals surface area contributed by atoms with Crippen molar-refractivity contribution in [2.75, 3.05) is 0 Å². The third kappa shape index (κ3) is 5.25. The molecule has 0 aromatic heterocycles. The second-order valence-corrected chi connectivity index (χ2v) is 2.84. The zero-order valence-electron chi connectivity index (χ0n) is 7.78. The van der Waals surface area contributed by atoms with Crippen molar-refractivity contribution in [2.45, 2.75) is 12.8 Å². The molecule has 4 heteroatoms. The van der Waals surface area contributed by atoms with Crippen LogP contribution in [0.15, 0.2) is 48.0 Å². The predicted molar refractivity (Wildman–Crippen MR) is 54.9 cm³/mol. The maximum Gasteiger partial charge on any atom is 0.484 e. The van der Waals surface area contributed by atoms with Crippen LogP contribution in [0.1, 0.15) is 12.8 Å². The molecule has 0 radical (unpaired) electrons. The Kier molecular flexibility index (Phi) is 7.53. The summed E-state index contributed by atoms with van der Waals surface area (Å²) in [4.78, 5) is 0. The molecule has 76 valence electrons. The Morgan fingerprint density at radius 2 is 1.64 bits per heavy atom. The van der Waals surface area contributed by atoms with Gasteiger partial charge in [0.25, 0.3) is 0 Å². The standard InChI is InChI=1S/C5H7BO2.C5H6.Fe/c7-6(8)5-3-1-2-4-5;1-2-4-5-3-1;/h1-3,7-8H,4H2;1-4H,5H2;. The summed E-state index contributed by atoms with van der Waals surface area (Å²) < 4.78 is 0. The van der Waals surface area contributed by atoms with Crippen LogP contribution in [0.5, 0.6) is 0 Å². The van der Waals surface area contributed by atoms with Gasteiger partial charge in [-0.2, -0.15) is 0 Å². The van der Waals surface area contributed by atoms with Crippen molar-refractivity contribution >= 4 is 7.12 Å². The van der Waals surface area contributed by atoms with Crippen molar-refractivity contribution in [2.24, 2.45) is 0 Å². The molecule has 2 aliphatic carbocycles. The fraction of sp³-hybridized carbons (Fsp3) is 0.200. The SMILES string of the molecule is C1=CCC=C1.OB(O)C1=CC=CC1.[Fe]. The Bertz CT molecular complexity index is 257. The van der Waals surface area contributed by atoms with E-state index >= 15 is 0 Å². The fourth-order valence-electron chi connectivity index (χ4n) is 1.05. The summed E-state index contributed by atoms with van der Waals surface area (Å²) in [6.45, 7) is 0. The van der Waals surface area contributed by atoms with E-state index in [2.05, 4.69) is 24.3 Å². The molecule has 0 unspecified atom stereocenters. The summed E-state index contributed by atoms with van der Waals surface area (Å²) in [5, 5.41) is 17.0. The minimum absolute atomic E-state index is 0. The average Bonchev–Trinajstić information content (AvgIpc) is 2.82. The number of rotatable bonds is 1. The van der Waals surface area contributed by atoms with Gasteiger partial charge in [-0.3, -0.25) is 0 Å². The molecule has 0 fully saturated rings. The summed E-state index contributed by atoms with van der Waals surface area (Å²) in [5.74, 6) is 0. The third-order valence-electron chi connectivity index (χ3n) is 1.79. The molecule has 0 saturated carbocycles. The summed E-state index contributed by atoms with van der Waals surface area (Å²) in [5.41, 5.74) is 0.671. The number of hydrogen-bond donors (Lipinski definition) is 2. The van der Waals surface area contributed by atoms with Gasteiger partial charge in [0, 0.05) is 17.1 Å². The van der Waals surface area contributed by atoms with E-state index in [1.807, 2.05) is 12.2 Å². The molecule has 0 aromatic carbocycles.